The van der Waals surface area contributed by atoms with Gasteiger partial charge in [0, 0.05) is 6.42 Å². The first-order chi connectivity index (χ1) is 4.53. The highest BCUT2D eigenvalue weighted by atomic mass is 16.4. The number of carbonyl (C=O) groups excluding carboxylic acids is 1. The van der Waals surface area contributed by atoms with Crippen molar-refractivity contribution in [2.24, 2.45) is 5.41 Å². The van der Waals surface area contributed by atoms with Gasteiger partial charge in [-0.1, -0.05) is 6.92 Å². The molecule has 10 heavy (non-hydrogen) atoms. The number of ketones is 1. The lowest BCUT2D eigenvalue weighted by Crippen LogP contribution is -2.15. The van der Waals surface area contributed by atoms with Crippen molar-refractivity contribution in [3.8, 4) is 0 Å². The van der Waals surface area contributed by atoms with E-state index in [1.54, 1.807) is 0 Å². The van der Waals surface area contributed by atoms with E-state index in [2.05, 4.69) is 0 Å². The Morgan fingerprint density at radius 1 is 1.50 bits per heavy atom. The van der Waals surface area contributed by atoms with Crippen LogP contribution in [0.25, 0.3) is 0 Å². The van der Waals surface area contributed by atoms with Gasteiger partial charge in [-0.05, 0) is 18.3 Å². The van der Waals surface area contributed by atoms with Crippen molar-refractivity contribution in [2.45, 2.75) is 26.2 Å². The fourth-order valence-electron chi connectivity index (χ4n) is 0.853. The molecule has 0 aromatic rings. The molecule has 0 amide bonds. The molecule has 0 aromatic heterocycles. The molecule has 1 saturated carbocycles. The maximum atomic E-state index is 10.6. The number of carbonyl (C=O) groups is 2. The molecule has 0 spiro atoms. The summed E-state index contributed by atoms with van der Waals surface area (Å²) in [6.45, 7) is 1.94. The smallest absolute Gasteiger partial charge is 0.372 e. The first-order valence-electron chi connectivity index (χ1n) is 3.30. The van der Waals surface area contributed by atoms with Gasteiger partial charge >= 0.3 is 5.97 Å². The summed E-state index contributed by atoms with van der Waals surface area (Å²) in [5.41, 5.74) is 0.0233. The molecule has 0 aromatic carbocycles. The molecule has 1 N–H and O–H groups in total. The lowest BCUT2D eigenvalue weighted by atomic mass is 10.0. The third kappa shape index (κ3) is 1.56. The van der Waals surface area contributed by atoms with Crippen LogP contribution in [0.3, 0.4) is 0 Å². The van der Waals surface area contributed by atoms with Crippen LogP contribution in [0.1, 0.15) is 26.2 Å². The Kier molecular flexibility index (Phi) is 1.50. The molecule has 0 aliphatic heterocycles. The first-order valence-corrected chi connectivity index (χ1v) is 3.30. The molecule has 0 atom stereocenters. The van der Waals surface area contributed by atoms with E-state index in [1.165, 1.54) is 0 Å². The summed E-state index contributed by atoms with van der Waals surface area (Å²) in [5.74, 6) is -1.95. The van der Waals surface area contributed by atoms with Crippen molar-refractivity contribution in [1.82, 2.24) is 0 Å². The van der Waals surface area contributed by atoms with E-state index in [1.807, 2.05) is 6.92 Å². The zero-order valence-electron chi connectivity index (χ0n) is 5.89. The van der Waals surface area contributed by atoms with Crippen LogP contribution in [0.2, 0.25) is 0 Å². The number of hydrogen-bond donors (Lipinski definition) is 1. The molecule has 3 heteroatoms. The van der Waals surface area contributed by atoms with Crippen LogP contribution >= 0.6 is 0 Å². The number of aliphatic carboxylic acids is 1. The SMILES string of the molecule is CC1(CC(=O)C(=O)O)CC1. The number of hydrogen-bond acceptors (Lipinski definition) is 2. The Bertz CT molecular complexity index is 179. The summed E-state index contributed by atoms with van der Waals surface area (Å²) < 4.78 is 0. The molecular formula is C7H10O3. The van der Waals surface area contributed by atoms with Crippen LogP contribution < -0.4 is 0 Å². The Morgan fingerprint density at radius 3 is 2.30 bits per heavy atom. The number of carboxylic acids is 1. The van der Waals surface area contributed by atoms with Crippen LogP contribution in [0.5, 0.6) is 0 Å². The molecule has 3 nitrogen and oxygen atoms in total. The Labute approximate surface area is 59.0 Å². The minimum Gasteiger partial charge on any atom is -0.476 e. The van der Waals surface area contributed by atoms with Gasteiger partial charge in [-0.2, -0.15) is 0 Å². The van der Waals surface area contributed by atoms with Gasteiger partial charge in [-0.3, -0.25) is 4.79 Å². The van der Waals surface area contributed by atoms with Crippen LogP contribution in [0.15, 0.2) is 0 Å². The molecule has 0 heterocycles. The van der Waals surface area contributed by atoms with Crippen molar-refractivity contribution >= 4 is 11.8 Å². The second-order valence-electron chi connectivity index (χ2n) is 3.22. The monoisotopic (exact) mass is 142 g/mol. The van der Waals surface area contributed by atoms with Gasteiger partial charge < -0.3 is 5.11 Å². The standard InChI is InChI=1S/C7H10O3/c1-7(2-3-7)4-5(8)6(9)10/h2-4H2,1H3,(H,9,10). The molecule has 0 unspecified atom stereocenters. The fraction of sp³-hybridized carbons (Fsp3) is 0.714. The third-order valence-electron chi connectivity index (χ3n) is 1.93. The average Bonchev–Trinajstić information content (AvgIpc) is 2.47. The minimum absolute atomic E-state index is 0.0233. The molecule has 1 aliphatic carbocycles. The van der Waals surface area contributed by atoms with Crippen LogP contribution in [0.4, 0.5) is 0 Å². The topological polar surface area (TPSA) is 54.4 Å². The van der Waals surface area contributed by atoms with Crippen LogP contribution in [-0.2, 0) is 9.59 Å². The summed E-state index contributed by atoms with van der Waals surface area (Å²) in [5, 5.41) is 8.22. The van der Waals surface area contributed by atoms with E-state index < -0.39 is 11.8 Å². The Morgan fingerprint density at radius 2 is 2.00 bits per heavy atom. The summed E-state index contributed by atoms with van der Waals surface area (Å²) in [6.07, 6.45) is 2.19. The highest BCUT2D eigenvalue weighted by Gasteiger charge is 2.40. The van der Waals surface area contributed by atoms with Gasteiger partial charge in [0.05, 0.1) is 0 Å². The Balaban J connectivity index is 2.39. The molecule has 1 fully saturated rings. The van der Waals surface area contributed by atoms with Crippen molar-refractivity contribution in [2.75, 3.05) is 0 Å². The lowest BCUT2D eigenvalue weighted by molar-refractivity contribution is -0.149. The summed E-state index contributed by atoms with van der Waals surface area (Å²) in [6, 6.07) is 0. The highest BCUT2D eigenvalue weighted by Crippen LogP contribution is 2.48. The number of Topliss-reactive ketones (excluding diaryl/α,β-unsaturated/α-hetero) is 1. The lowest BCUT2D eigenvalue weighted by Gasteiger charge is -2.01. The van der Waals surface area contributed by atoms with Crippen molar-refractivity contribution in [1.29, 1.82) is 0 Å². The molecule has 0 saturated heterocycles. The zero-order chi connectivity index (χ0) is 7.78. The van der Waals surface area contributed by atoms with Crippen molar-refractivity contribution in [3.05, 3.63) is 0 Å². The van der Waals surface area contributed by atoms with Gasteiger partial charge in [0.1, 0.15) is 0 Å². The normalized spacial score (nSPS) is 20.1. The van der Waals surface area contributed by atoms with E-state index in [4.69, 9.17) is 5.11 Å². The van der Waals surface area contributed by atoms with Gasteiger partial charge in [0.15, 0.2) is 0 Å². The maximum absolute atomic E-state index is 10.6. The minimum atomic E-state index is -1.30. The average molecular weight is 142 g/mol. The van der Waals surface area contributed by atoms with E-state index in [0.717, 1.165) is 12.8 Å². The molecule has 1 rings (SSSR count). The molecule has 0 radical (unpaired) electrons. The number of carboxylic acid groups (broad SMARTS) is 1. The van der Waals surface area contributed by atoms with Crippen LogP contribution in [-0.4, -0.2) is 16.9 Å². The number of rotatable bonds is 3. The van der Waals surface area contributed by atoms with E-state index in [-0.39, 0.29) is 11.8 Å². The van der Waals surface area contributed by atoms with E-state index >= 15 is 0 Å². The van der Waals surface area contributed by atoms with Gasteiger partial charge in [0.2, 0.25) is 5.78 Å². The van der Waals surface area contributed by atoms with E-state index in [0.29, 0.717) is 0 Å². The Hall–Kier alpha value is -0.860. The second-order valence-corrected chi connectivity index (χ2v) is 3.22. The summed E-state index contributed by atoms with van der Waals surface area (Å²) in [7, 11) is 0. The van der Waals surface area contributed by atoms with Gasteiger partial charge in [0.25, 0.3) is 0 Å². The summed E-state index contributed by atoms with van der Waals surface area (Å²) >= 11 is 0. The summed E-state index contributed by atoms with van der Waals surface area (Å²) in [4.78, 5) is 20.7. The quantitative estimate of drug-likeness (QED) is 0.594. The van der Waals surface area contributed by atoms with E-state index in [9.17, 15) is 9.59 Å². The van der Waals surface area contributed by atoms with Crippen LogP contribution in [0, 0.1) is 5.41 Å². The van der Waals surface area contributed by atoms with Crippen molar-refractivity contribution in [3.63, 3.8) is 0 Å². The molecule has 1 aliphatic rings. The third-order valence-corrected chi connectivity index (χ3v) is 1.93. The molecule has 0 bridgehead atoms. The maximum Gasteiger partial charge on any atom is 0.372 e. The zero-order valence-corrected chi connectivity index (χ0v) is 5.89. The highest BCUT2D eigenvalue weighted by molar-refractivity contribution is 6.32. The van der Waals surface area contributed by atoms with Gasteiger partial charge in [-0.15, -0.1) is 0 Å². The second kappa shape index (κ2) is 2.08. The molecular weight excluding hydrogens is 132 g/mol. The largest absolute Gasteiger partial charge is 0.476 e. The predicted octanol–water partition coefficient (Wildman–Crippen LogP) is 0.830. The fourth-order valence-corrected chi connectivity index (χ4v) is 0.853. The van der Waals surface area contributed by atoms with Crippen molar-refractivity contribution < 1.29 is 14.7 Å². The predicted molar refractivity (Wildman–Crippen MR) is 34.6 cm³/mol. The molecule has 56 valence electrons. The van der Waals surface area contributed by atoms with Gasteiger partial charge in [-0.25, -0.2) is 4.79 Å². The first kappa shape index (κ1) is 7.25.